The third-order valence-corrected chi connectivity index (χ3v) is 4.40. The molecule has 2 aromatic heterocycles. The minimum atomic E-state index is 0.637. The predicted octanol–water partition coefficient (Wildman–Crippen LogP) is 5.32. The number of rotatable bonds is 3. The van der Waals surface area contributed by atoms with Gasteiger partial charge in [0.25, 0.3) is 0 Å². The number of halogens is 1. The van der Waals surface area contributed by atoms with Gasteiger partial charge in [-0.15, -0.1) is 0 Å². The topological polar surface area (TPSA) is 41.6 Å². The van der Waals surface area contributed by atoms with Crippen LogP contribution in [0.3, 0.4) is 0 Å². The first-order valence-corrected chi connectivity index (χ1v) is 8.37. The SMILES string of the molecule is Cc1cc(/C=C(/C#N)c2cccc(Br)c2)c(C)n1-c1ccccn1. The number of pyridine rings is 1. The normalized spacial score (nSPS) is 11.3. The van der Waals surface area contributed by atoms with Crippen LogP contribution in [0.1, 0.15) is 22.5 Å². The van der Waals surface area contributed by atoms with Crippen LogP contribution < -0.4 is 0 Å². The second kappa shape index (κ2) is 6.86. The summed E-state index contributed by atoms with van der Waals surface area (Å²) in [5, 5.41) is 9.56. The highest BCUT2D eigenvalue weighted by molar-refractivity contribution is 9.10. The zero-order valence-electron chi connectivity index (χ0n) is 13.5. The van der Waals surface area contributed by atoms with Gasteiger partial charge in [0.1, 0.15) is 5.82 Å². The number of aryl methyl sites for hydroxylation is 1. The van der Waals surface area contributed by atoms with Crippen molar-refractivity contribution < 1.29 is 0 Å². The Kier molecular flexibility index (Phi) is 4.64. The van der Waals surface area contributed by atoms with Crippen molar-refractivity contribution in [1.29, 1.82) is 5.26 Å². The first kappa shape index (κ1) is 16.2. The molecular weight excluding hydrogens is 362 g/mol. The van der Waals surface area contributed by atoms with Crippen LogP contribution in [0.4, 0.5) is 0 Å². The first-order valence-electron chi connectivity index (χ1n) is 7.58. The summed E-state index contributed by atoms with van der Waals surface area (Å²) >= 11 is 3.46. The Morgan fingerprint density at radius 3 is 2.67 bits per heavy atom. The first-order chi connectivity index (χ1) is 11.6. The molecule has 0 saturated carbocycles. The van der Waals surface area contributed by atoms with Gasteiger partial charge in [-0.05, 0) is 61.4 Å². The quantitative estimate of drug-likeness (QED) is 0.579. The van der Waals surface area contributed by atoms with Crippen molar-refractivity contribution >= 4 is 27.6 Å². The number of nitriles is 1. The molecule has 0 fully saturated rings. The smallest absolute Gasteiger partial charge is 0.136 e. The van der Waals surface area contributed by atoms with E-state index in [1.165, 1.54) is 0 Å². The monoisotopic (exact) mass is 377 g/mol. The van der Waals surface area contributed by atoms with Gasteiger partial charge in [0.15, 0.2) is 0 Å². The minimum absolute atomic E-state index is 0.637. The summed E-state index contributed by atoms with van der Waals surface area (Å²) in [6.07, 6.45) is 3.72. The summed E-state index contributed by atoms with van der Waals surface area (Å²) < 4.78 is 3.06. The van der Waals surface area contributed by atoms with Crippen LogP contribution in [-0.4, -0.2) is 9.55 Å². The van der Waals surface area contributed by atoms with E-state index in [9.17, 15) is 5.26 Å². The van der Waals surface area contributed by atoms with E-state index in [-0.39, 0.29) is 0 Å². The molecule has 0 amide bonds. The van der Waals surface area contributed by atoms with Crippen LogP contribution in [0.5, 0.6) is 0 Å². The van der Waals surface area contributed by atoms with Gasteiger partial charge < -0.3 is 4.57 Å². The largest absolute Gasteiger partial charge is 0.303 e. The Balaban J connectivity index is 2.09. The number of nitrogens with zero attached hydrogens (tertiary/aromatic N) is 3. The third-order valence-electron chi connectivity index (χ3n) is 3.90. The Hall–Kier alpha value is -2.64. The van der Waals surface area contributed by atoms with E-state index < -0.39 is 0 Å². The molecule has 4 heteroatoms. The van der Waals surface area contributed by atoms with E-state index in [0.29, 0.717) is 5.57 Å². The van der Waals surface area contributed by atoms with Crippen LogP contribution in [0.25, 0.3) is 17.5 Å². The number of aromatic nitrogens is 2. The molecule has 0 aliphatic carbocycles. The highest BCUT2D eigenvalue weighted by Gasteiger charge is 2.11. The molecule has 0 aliphatic heterocycles. The average Bonchev–Trinajstić information content (AvgIpc) is 2.87. The fraction of sp³-hybridized carbons (Fsp3) is 0.100. The summed E-state index contributed by atoms with van der Waals surface area (Å²) in [7, 11) is 0. The van der Waals surface area contributed by atoms with Gasteiger partial charge >= 0.3 is 0 Å². The maximum Gasteiger partial charge on any atom is 0.136 e. The fourth-order valence-corrected chi connectivity index (χ4v) is 3.16. The lowest BCUT2D eigenvalue weighted by Gasteiger charge is -2.08. The zero-order valence-corrected chi connectivity index (χ0v) is 15.1. The van der Waals surface area contributed by atoms with Crippen molar-refractivity contribution in [3.63, 3.8) is 0 Å². The molecule has 0 bridgehead atoms. The van der Waals surface area contributed by atoms with Gasteiger partial charge in [-0.3, -0.25) is 0 Å². The second-order valence-electron chi connectivity index (χ2n) is 5.53. The average molecular weight is 378 g/mol. The van der Waals surface area contributed by atoms with E-state index in [0.717, 1.165) is 32.8 Å². The third kappa shape index (κ3) is 3.17. The summed E-state index contributed by atoms with van der Waals surface area (Å²) in [5.74, 6) is 0.883. The van der Waals surface area contributed by atoms with Crippen LogP contribution >= 0.6 is 15.9 Å². The second-order valence-corrected chi connectivity index (χ2v) is 6.45. The molecule has 3 aromatic rings. The van der Waals surface area contributed by atoms with Crippen LogP contribution in [0.15, 0.2) is 59.2 Å². The van der Waals surface area contributed by atoms with Crippen molar-refractivity contribution in [3.05, 3.63) is 81.7 Å². The maximum absolute atomic E-state index is 9.56. The van der Waals surface area contributed by atoms with Crippen molar-refractivity contribution in [2.75, 3.05) is 0 Å². The molecule has 118 valence electrons. The van der Waals surface area contributed by atoms with Gasteiger partial charge in [-0.2, -0.15) is 5.26 Å². The number of hydrogen-bond donors (Lipinski definition) is 0. The van der Waals surface area contributed by atoms with Crippen LogP contribution in [0.2, 0.25) is 0 Å². The Morgan fingerprint density at radius 1 is 1.17 bits per heavy atom. The standard InChI is InChI=1S/C20H16BrN3/c1-14-10-17(15(2)24(14)20-8-3-4-9-23-20)11-18(13-22)16-6-5-7-19(21)12-16/h3-12H,1-2H3/b18-11-. The highest BCUT2D eigenvalue weighted by atomic mass is 79.9. The predicted molar refractivity (Wildman–Crippen MR) is 101 cm³/mol. The molecule has 0 aliphatic rings. The fourth-order valence-electron chi connectivity index (χ4n) is 2.76. The summed E-state index contributed by atoms with van der Waals surface area (Å²) in [6.45, 7) is 4.09. The van der Waals surface area contributed by atoms with Crippen molar-refractivity contribution in [2.24, 2.45) is 0 Å². The van der Waals surface area contributed by atoms with E-state index in [1.54, 1.807) is 6.20 Å². The molecule has 0 spiro atoms. The summed E-state index contributed by atoms with van der Waals surface area (Å²) in [4.78, 5) is 4.42. The van der Waals surface area contributed by atoms with E-state index in [4.69, 9.17) is 0 Å². The number of hydrogen-bond acceptors (Lipinski definition) is 2. The molecule has 0 atom stereocenters. The molecule has 24 heavy (non-hydrogen) atoms. The molecule has 1 aromatic carbocycles. The van der Waals surface area contributed by atoms with E-state index in [1.807, 2.05) is 62.4 Å². The van der Waals surface area contributed by atoms with Crippen LogP contribution in [0, 0.1) is 25.2 Å². The van der Waals surface area contributed by atoms with Gasteiger partial charge in [0.05, 0.1) is 11.6 Å². The molecule has 2 heterocycles. The molecule has 0 radical (unpaired) electrons. The molecule has 3 nitrogen and oxygen atoms in total. The molecular formula is C20H16BrN3. The zero-order chi connectivity index (χ0) is 17.1. The number of allylic oxidation sites excluding steroid dienone is 1. The molecule has 0 unspecified atom stereocenters. The van der Waals surface area contributed by atoms with Crippen molar-refractivity contribution in [3.8, 4) is 11.9 Å². The lowest BCUT2D eigenvalue weighted by atomic mass is 10.0. The Morgan fingerprint density at radius 2 is 2.00 bits per heavy atom. The molecule has 0 N–H and O–H groups in total. The Labute approximate surface area is 150 Å². The number of benzene rings is 1. The van der Waals surface area contributed by atoms with Gasteiger partial charge in [0, 0.05) is 22.1 Å². The highest BCUT2D eigenvalue weighted by Crippen LogP contribution is 2.25. The maximum atomic E-state index is 9.56. The van der Waals surface area contributed by atoms with Gasteiger partial charge in [-0.25, -0.2) is 4.98 Å². The van der Waals surface area contributed by atoms with Crippen molar-refractivity contribution in [2.45, 2.75) is 13.8 Å². The minimum Gasteiger partial charge on any atom is -0.303 e. The van der Waals surface area contributed by atoms with Crippen LogP contribution in [-0.2, 0) is 0 Å². The van der Waals surface area contributed by atoms with Crippen molar-refractivity contribution in [1.82, 2.24) is 9.55 Å². The van der Waals surface area contributed by atoms with E-state index >= 15 is 0 Å². The lowest BCUT2D eigenvalue weighted by Crippen LogP contribution is -2.01. The summed E-state index contributed by atoms with van der Waals surface area (Å²) in [6, 6.07) is 18.0. The Bertz CT molecular complexity index is 947. The molecule has 0 saturated heterocycles. The van der Waals surface area contributed by atoms with Gasteiger partial charge in [0.2, 0.25) is 0 Å². The van der Waals surface area contributed by atoms with Gasteiger partial charge in [-0.1, -0.05) is 34.1 Å². The van der Waals surface area contributed by atoms with E-state index in [2.05, 4.69) is 37.6 Å². The lowest BCUT2D eigenvalue weighted by molar-refractivity contribution is 0.921. The molecule has 3 rings (SSSR count). The summed E-state index contributed by atoms with van der Waals surface area (Å²) in [5.41, 5.74) is 4.71.